The second kappa shape index (κ2) is 8.73. The van der Waals surface area contributed by atoms with Gasteiger partial charge in [-0.2, -0.15) is 0 Å². The van der Waals surface area contributed by atoms with Gasteiger partial charge in [0.1, 0.15) is 5.75 Å². The third kappa shape index (κ3) is 5.34. The molecule has 0 bridgehead atoms. The van der Waals surface area contributed by atoms with Gasteiger partial charge in [-0.15, -0.1) is 0 Å². The monoisotopic (exact) mass is 385 g/mol. The molecular weight excluding hydrogens is 366 g/mol. The van der Waals surface area contributed by atoms with Crippen LogP contribution in [0, 0.1) is 0 Å². The van der Waals surface area contributed by atoms with Crippen LogP contribution in [0.3, 0.4) is 0 Å². The van der Waals surface area contributed by atoms with Crippen LogP contribution in [0.5, 0.6) is 5.75 Å². The number of ether oxygens (including phenoxy) is 1. The molecule has 1 aliphatic heterocycles. The van der Waals surface area contributed by atoms with Gasteiger partial charge in [0.25, 0.3) is 11.1 Å². The van der Waals surface area contributed by atoms with Gasteiger partial charge in [0, 0.05) is 6.42 Å². The van der Waals surface area contributed by atoms with E-state index in [1.807, 2.05) is 36.4 Å². The Morgan fingerprint density at radius 3 is 2.59 bits per heavy atom. The molecule has 0 aromatic heterocycles. The summed E-state index contributed by atoms with van der Waals surface area (Å²) < 4.78 is 5.73. The van der Waals surface area contributed by atoms with Crippen molar-refractivity contribution in [3.63, 3.8) is 0 Å². The number of aliphatic carboxylic acids is 1. The van der Waals surface area contributed by atoms with Gasteiger partial charge < -0.3 is 9.84 Å². The number of carboxylic acids is 1. The van der Waals surface area contributed by atoms with E-state index in [1.165, 1.54) is 0 Å². The van der Waals surface area contributed by atoms with Crippen molar-refractivity contribution in [1.82, 2.24) is 5.32 Å². The molecule has 1 aliphatic rings. The zero-order valence-corrected chi connectivity index (χ0v) is 15.4. The summed E-state index contributed by atoms with van der Waals surface area (Å²) in [5, 5.41) is 12.5. The number of hydrogen-bond acceptors (Lipinski definition) is 5. The minimum atomic E-state index is -0.765. The summed E-state index contributed by atoms with van der Waals surface area (Å²) in [5.41, 5.74) is 0.849. The molecule has 2 aromatic carbocycles. The van der Waals surface area contributed by atoms with Crippen molar-refractivity contribution in [2.45, 2.75) is 25.7 Å². The topological polar surface area (TPSA) is 92.7 Å². The number of imide groups is 1. The Balaban J connectivity index is 1.60. The molecule has 0 aliphatic carbocycles. The van der Waals surface area contributed by atoms with Crippen LogP contribution in [0.2, 0.25) is 0 Å². The van der Waals surface area contributed by atoms with E-state index in [2.05, 4.69) is 5.32 Å². The highest BCUT2D eigenvalue weighted by molar-refractivity contribution is 8.18. The molecule has 0 atom stereocenters. The Morgan fingerprint density at radius 2 is 1.85 bits per heavy atom. The molecule has 1 heterocycles. The highest BCUT2D eigenvalue weighted by atomic mass is 32.2. The lowest BCUT2D eigenvalue weighted by molar-refractivity contribution is -0.137. The van der Waals surface area contributed by atoms with Crippen molar-refractivity contribution < 1.29 is 24.2 Å². The lowest BCUT2D eigenvalue weighted by Gasteiger charge is -2.08. The van der Waals surface area contributed by atoms with Gasteiger partial charge in [-0.1, -0.05) is 18.2 Å². The van der Waals surface area contributed by atoms with Crippen LogP contribution >= 0.6 is 11.8 Å². The number of benzene rings is 2. The van der Waals surface area contributed by atoms with Gasteiger partial charge in [-0.25, -0.2) is 0 Å². The van der Waals surface area contributed by atoms with Crippen LogP contribution in [0.1, 0.15) is 31.2 Å². The van der Waals surface area contributed by atoms with E-state index in [4.69, 9.17) is 9.84 Å². The standard InChI is InChI=1S/C20H19NO5S/c22-18(23)4-2-1-3-9-26-16-8-7-14-10-13(5-6-15(14)12-16)11-17-19(24)21-20(25)27-17/h5-8,10-12H,1-4,9H2,(H,22,23)(H,21,24,25)/b17-11-. The number of thioether (sulfide) groups is 1. The number of carbonyl (C=O) groups is 3. The zero-order chi connectivity index (χ0) is 19.2. The molecule has 0 radical (unpaired) electrons. The van der Waals surface area contributed by atoms with E-state index in [-0.39, 0.29) is 17.6 Å². The number of rotatable bonds is 8. The molecule has 27 heavy (non-hydrogen) atoms. The number of amides is 2. The fourth-order valence-electron chi connectivity index (χ4n) is 2.74. The predicted molar refractivity (Wildman–Crippen MR) is 105 cm³/mol. The summed E-state index contributed by atoms with van der Waals surface area (Å²) in [4.78, 5) is 33.7. The minimum Gasteiger partial charge on any atom is -0.494 e. The molecule has 1 fully saturated rings. The third-order valence-corrected chi connectivity index (χ3v) is 4.89. The normalized spacial score (nSPS) is 15.3. The van der Waals surface area contributed by atoms with Crippen LogP contribution in [-0.4, -0.2) is 28.8 Å². The summed E-state index contributed by atoms with van der Waals surface area (Å²) >= 11 is 0.901. The van der Waals surface area contributed by atoms with E-state index >= 15 is 0 Å². The summed E-state index contributed by atoms with van der Waals surface area (Å²) in [6, 6.07) is 11.6. The van der Waals surface area contributed by atoms with Crippen LogP contribution in [0.4, 0.5) is 4.79 Å². The first kappa shape index (κ1) is 19.0. The SMILES string of the molecule is O=C(O)CCCCCOc1ccc2cc(/C=C3\SC(=O)NC3=O)ccc2c1. The Kier molecular flexibility index (Phi) is 6.13. The number of carbonyl (C=O) groups excluding carboxylic acids is 2. The van der Waals surface area contributed by atoms with Crippen molar-refractivity contribution in [3.05, 3.63) is 46.9 Å². The summed E-state index contributed by atoms with van der Waals surface area (Å²) in [5.74, 6) is -0.362. The van der Waals surface area contributed by atoms with Crippen molar-refractivity contribution >= 4 is 45.7 Å². The van der Waals surface area contributed by atoms with Crippen LogP contribution in [0.25, 0.3) is 16.8 Å². The number of fused-ring (bicyclic) bond motifs is 1. The molecule has 7 heteroatoms. The Labute approximate surface area is 160 Å². The fraction of sp³-hybridized carbons (Fsp3) is 0.250. The van der Waals surface area contributed by atoms with E-state index in [9.17, 15) is 14.4 Å². The highest BCUT2D eigenvalue weighted by Gasteiger charge is 2.24. The predicted octanol–water partition coefficient (Wildman–Crippen LogP) is 4.19. The molecule has 140 valence electrons. The smallest absolute Gasteiger partial charge is 0.303 e. The second-order valence-electron chi connectivity index (χ2n) is 6.17. The molecule has 0 unspecified atom stereocenters. The summed E-state index contributed by atoms with van der Waals surface area (Å²) in [6.07, 6.45) is 4.20. The fourth-order valence-corrected chi connectivity index (χ4v) is 3.42. The van der Waals surface area contributed by atoms with Crippen LogP contribution in [0.15, 0.2) is 41.3 Å². The number of carboxylic acid groups (broad SMARTS) is 1. The lowest BCUT2D eigenvalue weighted by atomic mass is 10.1. The Morgan fingerprint density at radius 1 is 1.07 bits per heavy atom. The lowest BCUT2D eigenvalue weighted by Crippen LogP contribution is -2.17. The maximum atomic E-state index is 11.6. The molecular formula is C20H19NO5S. The van der Waals surface area contributed by atoms with Gasteiger partial charge in [0.15, 0.2) is 0 Å². The summed E-state index contributed by atoms with van der Waals surface area (Å²) in [6.45, 7) is 0.551. The first-order valence-electron chi connectivity index (χ1n) is 8.64. The molecule has 6 nitrogen and oxygen atoms in total. The van der Waals surface area contributed by atoms with Crippen molar-refractivity contribution in [1.29, 1.82) is 0 Å². The van der Waals surface area contributed by atoms with Gasteiger partial charge in [-0.3, -0.25) is 19.7 Å². The largest absolute Gasteiger partial charge is 0.494 e. The maximum absolute atomic E-state index is 11.6. The molecule has 0 saturated carbocycles. The minimum absolute atomic E-state index is 0.197. The van der Waals surface area contributed by atoms with Crippen molar-refractivity contribution in [2.75, 3.05) is 6.61 Å². The van der Waals surface area contributed by atoms with E-state index in [0.29, 0.717) is 17.9 Å². The molecule has 2 N–H and O–H groups in total. The van der Waals surface area contributed by atoms with E-state index < -0.39 is 5.97 Å². The van der Waals surface area contributed by atoms with E-state index in [1.54, 1.807) is 6.08 Å². The second-order valence-corrected chi connectivity index (χ2v) is 7.19. The molecule has 3 rings (SSSR count). The average molecular weight is 385 g/mol. The third-order valence-electron chi connectivity index (χ3n) is 4.08. The van der Waals surface area contributed by atoms with Crippen LogP contribution < -0.4 is 10.1 Å². The molecule has 2 aromatic rings. The van der Waals surface area contributed by atoms with E-state index in [0.717, 1.165) is 46.7 Å². The average Bonchev–Trinajstić information content (AvgIpc) is 2.94. The highest BCUT2D eigenvalue weighted by Crippen LogP contribution is 2.28. The van der Waals surface area contributed by atoms with Gasteiger partial charge in [-0.05, 0) is 71.6 Å². The number of unbranched alkanes of at least 4 members (excludes halogenated alkanes) is 2. The quantitative estimate of drug-likeness (QED) is 0.523. The van der Waals surface area contributed by atoms with Gasteiger partial charge in [0.2, 0.25) is 0 Å². The van der Waals surface area contributed by atoms with Gasteiger partial charge in [0.05, 0.1) is 11.5 Å². The zero-order valence-electron chi connectivity index (χ0n) is 14.6. The summed E-state index contributed by atoms with van der Waals surface area (Å²) in [7, 11) is 0. The maximum Gasteiger partial charge on any atom is 0.303 e. The number of hydrogen-bond donors (Lipinski definition) is 2. The Bertz CT molecular complexity index is 922. The number of nitrogens with one attached hydrogen (secondary N) is 1. The Hall–Kier alpha value is -2.80. The van der Waals surface area contributed by atoms with Crippen molar-refractivity contribution in [2.24, 2.45) is 0 Å². The molecule has 1 saturated heterocycles. The van der Waals surface area contributed by atoms with Crippen LogP contribution in [-0.2, 0) is 9.59 Å². The van der Waals surface area contributed by atoms with Gasteiger partial charge >= 0.3 is 5.97 Å². The molecule has 0 spiro atoms. The van der Waals surface area contributed by atoms with Crippen molar-refractivity contribution in [3.8, 4) is 5.75 Å². The molecule has 2 amide bonds. The first-order valence-corrected chi connectivity index (χ1v) is 9.46. The first-order chi connectivity index (χ1) is 13.0.